The van der Waals surface area contributed by atoms with E-state index >= 15 is 0 Å². The first-order valence-corrected chi connectivity index (χ1v) is 13.5. The Hall–Kier alpha value is -3.90. The number of anilines is 4. The van der Waals surface area contributed by atoms with E-state index in [4.69, 9.17) is 14.2 Å². The van der Waals surface area contributed by atoms with Crippen LogP contribution in [-0.4, -0.2) is 55.1 Å². The lowest BCUT2D eigenvalue weighted by Gasteiger charge is -2.38. The molecule has 2 aromatic carbocycles. The Bertz CT molecular complexity index is 1450. The number of aromatic nitrogens is 2. The number of fused-ring (bicyclic) bond motifs is 1. The fourth-order valence-electron chi connectivity index (χ4n) is 5.70. The highest BCUT2D eigenvalue weighted by Gasteiger charge is 2.40. The van der Waals surface area contributed by atoms with Crippen LogP contribution in [0.3, 0.4) is 0 Å². The summed E-state index contributed by atoms with van der Waals surface area (Å²) in [7, 11) is 1.53. The van der Waals surface area contributed by atoms with Crippen molar-refractivity contribution in [2.75, 3.05) is 48.9 Å². The zero-order chi connectivity index (χ0) is 28.6. The van der Waals surface area contributed by atoms with Gasteiger partial charge in [0.15, 0.2) is 5.79 Å². The predicted octanol–water partition coefficient (Wildman–Crippen LogP) is 4.87. The van der Waals surface area contributed by atoms with Crippen LogP contribution >= 0.6 is 0 Å². The Morgan fingerprint density at radius 1 is 1.12 bits per heavy atom. The molecular weight excluding hydrogens is 539 g/mol. The molecule has 9 nitrogen and oxygen atoms in total. The van der Waals surface area contributed by atoms with Crippen molar-refractivity contribution in [3.8, 4) is 5.75 Å². The first-order chi connectivity index (χ1) is 19.7. The van der Waals surface area contributed by atoms with Gasteiger partial charge in [0.2, 0.25) is 11.9 Å². The predicted molar refractivity (Wildman–Crippen MR) is 146 cm³/mol. The summed E-state index contributed by atoms with van der Waals surface area (Å²) in [6.07, 6.45) is -1.75. The smallest absolute Gasteiger partial charge is 0.419 e. The molecule has 0 aliphatic carbocycles. The van der Waals surface area contributed by atoms with Gasteiger partial charge in [-0.05, 0) is 42.2 Å². The largest absolute Gasteiger partial charge is 0.494 e. The number of nitrogens with one attached hydrogen (secondary N) is 2. The molecule has 4 heterocycles. The molecule has 6 rings (SSSR count). The van der Waals surface area contributed by atoms with Crippen LogP contribution in [0.1, 0.15) is 35.2 Å². The minimum Gasteiger partial charge on any atom is -0.494 e. The second-order valence-electron chi connectivity index (χ2n) is 10.3. The number of amides is 1. The number of ether oxygens (including phenoxy) is 3. The van der Waals surface area contributed by atoms with Crippen molar-refractivity contribution in [3.05, 3.63) is 65.0 Å². The molecule has 2 N–H and O–H groups in total. The number of hydrogen-bond acceptors (Lipinski definition) is 8. The van der Waals surface area contributed by atoms with Crippen molar-refractivity contribution in [1.29, 1.82) is 0 Å². The molecular formula is C29H30F3N5O4. The molecule has 2 saturated heterocycles. The van der Waals surface area contributed by atoms with Crippen molar-refractivity contribution in [3.63, 3.8) is 0 Å². The number of carbonyl (C=O) groups excluding carboxylic acids is 1. The summed E-state index contributed by atoms with van der Waals surface area (Å²) in [6.45, 7) is 2.76. The minimum absolute atomic E-state index is 0.0244. The fourth-order valence-corrected chi connectivity index (χ4v) is 5.70. The summed E-state index contributed by atoms with van der Waals surface area (Å²) in [6, 6.07) is 11.0. The number of methoxy groups -OCH3 is 1. The first kappa shape index (κ1) is 27.3. The summed E-state index contributed by atoms with van der Waals surface area (Å²) < 4.78 is 58.8. The molecule has 216 valence electrons. The first-order valence-electron chi connectivity index (χ1n) is 13.5. The molecule has 0 atom stereocenters. The van der Waals surface area contributed by atoms with Crippen LogP contribution in [0.2, 0.25) is 0 Å². The van der Waals surface area contributed by atoms with Gasteiger partial charge in [-0.2, -0.15) is 13.2 Å². The second-order valence-corrected chi connectivity index (χ2v) is 10.3. The summed E-state index contributed by atoms with van der Waals surface area (Å²) in [4.78, 5) is 22.3. The third kappa shape index (κ3) is 5.66. The molecule has 0 radical (unpaired) electrons. The van der Waals surface area contributed by atoms with E-state index in [1.54, 1.807) is 18.2 Å². The molecule has 1 amide bonds. The third-order valence-corrected chi connectivity index (χ3v) is 7.82. The van der Waals surface area contributed by atoms with Gasteiger partial charge in [0.1, 0.15) is 5.75 Å². The summed E-state index contributed by atoms with van der Waals surface area (Å²) >= 11 is 0. The van der Waals surface area contributed by atoms with Crippen LogP contribution in [0.4, 0.5) is 36.2 Å². The third-order valence-electron chi connectivity index (χ3n) is 7.82. The number of nitrogens with zero attached hydrogens (tertiary/aromatic N) is 3. The van der Waals surface area contributed by atoms with Crippen molar-refractivity contribution >= 4 is 28.9 Å². The number of halogens is 3. The molecule has 1 spiro atoms. The number of alkyl halides is 3. The van der Waals surface area contributed by atoms with E-state index in [9.17, 15) is 18.0 Å². The number of rotatable bonds is 7. The van der Waals surface area contributed by atoms with E-state index in [0.29, 0.717) is 36.8 Å². The van der Waals surface area contributed by atoms with Crippen LogP contribution in [0, 0.1) is 0 Å². The molecule has 41 heavy (non-hydrogen) atoms. The SMILES string of the molecule is COc1cc(N2CCC3(CC2)OCCO3)ccc1Nc1ncc(C(F)(F)F)c(CCc2cccc3c2CC(=O)N3)n1. The topological polar surface area (TPSA) is 97.8 Å². The van der Waals surface area contributed by atoms with E-state index in [0.717, 1.165) is 48.9 Å². The van der Waals surface area contributed by atoms with Crippen LogP contribution < -0.4 is 20.3 Å². The highest BCUT2D eigenvalue weighted by molar-refractivity contribution is 5.99. The van der Waals surface area contributed by atoms with Crippen molar-refractivity contribution in [2.45, 2.75) is 44.1 Å². The van der Waals surface area contributed by atoms with E-state index < -0.39 is 17.5 Å². The standard InChI is InChI=1S/C29H30F3N5O4/c1-39-25-15-19(37-11-9-28(10-12-37)40-13-14-41-28)6-8-24(25)36-27-33-17-21(29(30,31)32)23(35-27)7-5-18-3-2-4-22-20(18)16-26(38)34-22/h2-4,6,8,15,17H,5,7,9-14,16H2,1H3,(H,34,38)(H,33,35,36). The van der Waals surface area contributed by atoms with Gasteiger partial charge < -0.3 is 29.7 Å². The van der Waals surface area contributed by atoms with E-state index in [1.807, 2.05) is 18.2 Å². The van der Waals surface area contributed by atoms with Gasteiger partial charge in [-0.25, -0.2) is 9.97 Å². The summed E-state index contributed by atoms with van der Waals surface area (Å²) in [5.74, 6) is -0.0602. The maximum Gasteiger partial charge on any atom is 0.419 e. The van der Waals surface area contributed by atoms with Gasteiger partial charge >= 0.3 is 6.18 Å². The zero-order valence-electron chi connectivity index (χ0n) is 22.5. The Morgan fingerprint density at radius 2 is 1.90 bits per heavy atom. The Labute approximate surface area is 235 Å². The van der Waals surface area contributed by atoms with Gasteiger partial charge in [0.05, 0.1) is 43.7 Å². The Balaban J connectivity index is 1.20. The van der Waals surface area contributed by atoms with Crippen LogP contribution in [-0.2, 0) is 39.7 Å². The molecule has 3 aliphatic rings. The lowest BCUT2D eigenvalue weighted by atomic mass is 9.98. The van der Waals surface area contributed by atoms with Gasteiger partial charge in [-0.15, -0.1) is 0 Å². The van der Waals surface area contributed by atoms with Crippen molar-refractivity contribution < 1.29 is 32.2 Å². The van der Waals surface area contributed by atoms with Crippen LogP contribution in [0.5, 0.6) is 5.75 Å². The molecule has 2 fully saturated rings. The lowest BCUT2D eigenvalue weighted by Crippen LogP contribution is -2.45. The molecule has 0 saturated carbocycles. The molecule has 0 bridgehead atoms. The molecule has 3 aromatic rings. The Morgan fingerprint density at radius 3 is 2.63 bits per heavy atom. The van der Waals surface area contributed by atoms with E-state index in [-0.39, 0.29) is 30.4 Å². The van der Waals surface area contributed by atoms with Gasteiger partial charge in [-0.3, -0.25) is 4.79 Å². The normalized spacial score (nSPS) is 18.0. The highest BCUT2D eigenvalue weighted by atomic mass is 19.4. The van der Waals surface area contributed by atoms with Gasteiger partial charge in [-0.1, -0.05) is 12.1 Å². The minimum atomic E-state index is -4.61. The number of carbonyl (C=O) groups is 1. The number of aryl methyl sites for hydroxylation is 2. The fraction of sp³-hybridized carbons (Fsp3) is 0.414. The Kier molecular flexibility index (Phi) is 7.20. The molecule has 3 aliphatic heterocycles. The second kappa shape index (κ2) is 10.8. The van der Waals surface area contributed by atoms with Gasteiger partial charge in [0, 0.05) is 49.6 Å². The quantitative estimate of drug-likeness (QED) is 0.416. The number of hydrogen-bond donors (Lipinski definition) is 2. The summed E-state index contributed by atoms with van der Waals surface area (Å²) in [5.41, 5.74) is 2.81. The summed E-state index contributed by atoms with van der Waals surface area (Å²) in [5, 5.41) is 5.80. The molecule has 1 aromatic heterocycles. The van der Waals surface area contributed by atoms with Crippen molar-refractivity contribution in [2.24, 2.45) is 0 Å². The number of piperidine rings is 1. The van der Waals surface area contributed by atoms with Crippen molar-refractivity contribution in [1.82, 2.24) is 9.97 Å². The zero-order valence-corrected chi connectivity index (χ0v) is 22.5. The maximum absolute atomic E-state index is 13.8. The maximum atomic E-state index is 13.8. The average Bonchev–Trinajstić information content (AvgIpc) is 3.58. The van der Waals surface area contributed by atoms with Crippen LogP contribution in [0.25, 0.3) is 0 Å². The van der Waals surface area contributed by atoms with E-state index in [1.165, 1.54) is 7.11 Å². The average molecular weight is 570 g/mol. The molecule has 0 unspecified atom stereocenters. The van der Waals surface area contributed by atoms with Crippen LogP contribution in [0.15, 0.2) is 42.6 Å². The van der Waals surface area contributed by atoms with E-state index in [2.05, 4.69) is 25.5 Å². The molecule has 12 heteroatoms. The highest BCUT2D eigenvalue weighted by Crippen LogP contribution is 2.37. The lowest BCUT2D eigenvalue weighted by molar-refractivity contribution is -0.169. The number of benzene rings is 2. The monoisotopic (exact) mass is 569 g/mol. The van der Waals surface area contributed by atoms with Gasteiger partial charge in [0.25, 0.3) is 0 Å².